The molecule has 0 atom stereocenters. The molecule has 0 saturated carbocycles. The number of amides is 1. The summed E-state index contributed by atoms with van der Waals surface area (Å²) in [5.74, 6) is -0.146. The highest BCUT2D eigenvalue weighted by Crippen LogP contribution is 2.30. The number of thiocarbonyl (C=S) groups is 1. The van der Waals surface area contributed by atoms with E-state index in [-0.39, 0.29) is 16.4 Å². The Hall–Kier alpha value is -4.06. The standard InChI is InChI=1S/C25H20ClN5O5S/c26-17-3-1-2-16(12-17)24-28-19-14-18(5-7-22(19)36-24)27-25(37)29-23(32)15-4-6-20(21(13-15)31(33)34)30-8-10-35-11-9-30/h1-7,12-14H,8-11H2,(H2,27,29,32,37). The van der Waals surface area contributed by atoms with Crippen molar-refractivity contribution in [1.29, 1.82) is 0 Å². The van der Waals surface area contributed by atoms with Gasteiger partial charge in [0, 0.05) is 41.0 Å². The van der Waals surface area contributed by atoms with E-state index in [9.17, 15) is 14.9 Å². The second kappa shape index (κ2) is 10.5. The minimum absolute atomic E-state index is 0.0304. The normalized spacial score (nSPS) is 13.4. The number of fused-ring (bicyclic) bond motifs is 1. The number of anilines is 2. The van der Waals surface area contributed by atoms with Crippen LogP contribution in [0.3, 0.4) is 0 Å². The number of nitrogens with one attached hydrogen (secondary N) is 2. The quantitative estimate of drug-likeness (QED) is 0.205. The topological polar surface area (TPSA) is 123 Å². The van der Waals surface area contributed by atoms with E-state index in [4.69, 9.17) is 33.0 Å². The molecule has 10 nitrogen and oxygen atoms in total. The maximum Gasteiger partial charge on any atom is 0.293 e. The third-order valence-electron chi connectivity index (χ3n) is 5.73. The Morgan fingerprint density at radius 2 is 1.92 bits per heavy atom. The zero-order valence-electron chi connectivity index (χ0n) is 19.3. The zero-order chi connectivity index (χ0) is 25.9. The molecule has 1 aromatic heterocycles. The molecular weight excluding hydrogens is 518 g/mol. The van der Waals surface area contributed by atoms with Gasteiger partial charge in [0.25, 0.3) is 11.6 Å². The van der Waals surface area contributed by atoms with Gasteiger partial charge in [-0.05, 0) is 60.7 Å². The molecule has 4 aromatic rings. The number of nitrogens with zero attached hydrogens (tertiary/aromatic N) is 3. The molecule has 1 saturated heterocycles. The largest absolute Gasteiger partial charge is 0.436 e. The van der Waals surface area contributed by atoms with Gasteiger partial charge in [0.1, 0.15) is 11.2 Å². The van der Waals surface area contributed by atoms with Gasteiger partial charge in [-0.15, -0.1) is 0 Å². The molecule has 2 N–H and O–H groups in total. The van der Waals surface area contributed by atoms with Gasteiger partial charge in [-0.3, -0.25) is 20.2 Å². The number of aromatic nitrogens is 1. The third-order valence-corrected chi connectivity index (χ3v) is 6.17. The number of hydrogen-bond acceptors (Lipinski definition) is 8. The molecule has 1 aliphatic heterocycles. The number of rotatable bonds is 5. The van der Waals surface area contributed by atoms with E-state index < -0.39 is 10.8 Å². The summed E-state index contributed by atoms with van der Waals surface area (Å²) in [7, 11) is 0. The molecule has 0 aliphatic carbocycles. The Kier molecular flexibility index (Phi) is 6.99. The van der Waals surface area contributed by atoms with Gasteiger partial charge in [-0.25, -0.2) is 4.98 Å². The SMILES string of the molecule is O=C(NC(=S)Nc1ccc2oc(-c3cccc(Cl)c3)nc2c1)c1ccc(N2CCOCC2)c([N+](=O)[O-])c1. The average Bonchev–Trinajstić information content (AvgIpc) is 3.32. The number of morpholine rings is 1. The van der Waals surface area contributed by atoms with E-state index in [0.717, 1.165) is 5.56 Å². The number of carbonyl (C=O) groups is 1. The Labute approximate surface area is 221 Å². The summed E-state index contributed by atoms with van der Waals surface area (Å²) in [6, 6.07) is 16.7. The first-order chi connectivity index (χ1) is 17.9. The molecule has 12 heteroatoms. The fraction of sp³-hybridized carbons (Fsp3) is 0.160. The summed E-state index contributed by atoms with van der Waals surface area (Å²) in [6.45, 7) is 2.05. The molecule has 0 spiro atoms. The van der Waals surface area contributed by atoms with Crippen molar-refractivity contribution >= 4 is 63.0 Å². The van der Waals surface area contributed by atoms with Crippen LogP contribution in [0.15, 0.2) is 65.1 Å². The number of nitro groups is 1. The van der Waals surface area contributed by atoms with Crippen molar-refractivity contribution in [3.63, 3.8) is 0 Å². The maximum absolute atomic E-state index is 12.8. The van der Waals surface area contributed by atoms with Crippen molar-refractivity contribution in [3.05, 3.63) is 81.4 Å². The van der Waals surface area contributed by atoms with Crippen molar-refractivity contribution < 1.29 is 18.9 Å². The number of oxazole rings is 1. The summed E-state index contributed by atoms with van der Waals surface area (Å²) >= 11 is 11.3. The number of nitro benzene ring substituents is 1. The number of hydrogen-bond donors (Lipinski definition) is 2. The van der Waals surface area contributed by atoms with Gasteiger partial charge in [-0.1, -0.05) is 17.7 Å². The molecule has 1 fully saturated rings. The highest BCUT2D eigenvalue weighted by Gasteiger charge is 2.23. The van der Waals surface area contributed by atoms with Crippen molar-refractivity contribution in [2.24, 2.45) is 0 Å². The van der Waals surface area contributed by atoms with Crippen LogP contribution in [-0.4, -0.2) is 47.2 Å². The van der Waals surface area contributed by atoms with Gasteiger partial charge in [-0.2, -0.15) is 0 Å². The van der Waals surface area contributed by atoms with Crippen LogP contribution in [0.25, 0.3) is 22.6 Å². The fourth-order valence-electron chi connectivity index (χ4n) is 3.97. The first-order valence-electron chi connectivity index (χ1n) is 11.3. The molecule has 1 amide bonds. The molecule has 0 bridgehead atoms. The predicted molar refractivity (Wildman–Crippen MR) is 144 cm³/mol. The van der Waals surface area contributed by atoms with Gasteiger partial charge < -0.3 is 19.4 Å². The summed E-state index contributed by atoms with van der Waals surface area (Å²) < 4.78 is 11.1. The van der Waals surface area contributed by atoms with E-state index in [1.807, 2.05) is 17.0 Å². The third kappa shape index (κ3) is 5.53. The average molecular weight is 538 g/mol. The Bertz CT molecular complexity index is 1520. The molecule has 5 rings (SSSR count). The molecular formula is C25H20ClN5O5S. The van der Waals surface area contributed by atoms with Crippen LogP contribution >= 0.6 is 23.8 Å². The van der Waals surface area contributed by atoms with Gasteiger partial charge >= 0.3 is 0 Å². The zero-order valence-corrected chi connectivity index (χ0v) is 20.8. The first-order valence-corrected chi connectivity index (χ1v) is 12.1. The Balaban J connectivity index is 1.28. The Morgan fingerprint density at radius 3 is 2.68 bits per heavy atom. The molecule has 188 valence electrons. The lowest BCUT2D eigenvalue weighted by Gasteiger charge is -2.28. The Morgan fingerprint density at radius 1 is 1.11 bits per heavy atom. The molecule has 1 aliphatic rings. The molecule has 0 radical (unpaired) electrons. The number of halogens is 1. The second-order valence-electron chi connectivity index (χ2n) is 8.18. The number of carbonyl (C=O) groups excluding carboxylic acids is 1. The molecule has 0 unspecified atom stereocenters. The first kappa shape index (κ1) is 24.6. The van der Waals surface area contributed by atoms with E-state index in [0.29, 0.717) is 59.7 Å². The van der Waals surface area contributed by atoms with E-state index in [2.05, 4.69) is 15.6 Å². The maximum atomic E-state index is 12.8. The molecule has 3 aromatic carbocycles. The second-order valence-corrected chi connectivity index (χ2v) is 9.02. The van der Waals surface area contributed by atoms with Gasteiger partial charge in [0.2, 0.25) is 5.89 Å². The number of ether oxygens (including phenoxy) is 1. The highest BCUT2D eigenvalue weighted by atomic mass is 35.5. The molecule has 37 heavy (non-hydrogen) atoms. The lowest BCUT2D eigenvalue weighted by atomic mass is 10.1. The lowest BCUT2D eigenvalue weighted by Crippen LogP contribution is -2.37. The van der Waals surface area contributed by atoms with Crippen molar-refractivity contribution in [2.75, 3.05) is 36.5 Å². The molecule has 2 heterocycles. The van der Waals surface area contributed by atoms with Crippen LogP contribution in [0.1, 0.15) is 10.4 Å². The van der Waals surface area contributed by atoms with Crippen LogP contribution in [0.5, 0.6) is 0 Å². The van der Waals surface area contributed by atoms with E-state index >= 15 is 0 Å². The van der Waals surface area contributed by atoms with E-state index in [1.165, 1.54) is 12.1 Å². The summed E-state index contributed by atoms with van der Waals surface area (Å²) in [6.07, 6.45) is 0. The lowest BCUT2D eigenvalue weighted by molar-refractivity contribution is -0.384. The summed E-state index contributed by atoms with van der Waals surface area (Å²) in [5, 5.41) is 17.8. The van der Waals surface area contributed by atoms with Crippen molar-refractivity contribution in [2.45, 2.75) is 0 Å². The van der Waals surface area contributed by atoms with Crippen LogP contribution < -0.4 is 15.5 Å². The summed E-state index contributed by atoms with van der Waals surface area (Å²) in [5.41, 5.74) is 2.90. The van der Waals surface area contributed by atoms with Crippen molar-refractivity contribution in [1.82, 2.24) is 10.3 Å². The number of benzene rings is 3. The van der Waals surface area contributed by atoms with E-state index in [1.54, 1.807) is 36.4 Å². The van der Waals surface area contributed by atoms with Gasteiger partial charge in [0.15, 0.2) is 10.7 Å². The minimum Gasteiger partial charge on any atom is -0.436 e. The smallest absolute Gasteiger partial charge is 0.293 e. The van der Waals surface area contributed by atoms with Gasteiger partial charge in [0.05, 0.1) is 18.1 Å². The van der Waals surface area contributed by atoms with Crippen molar-refractivity contribution in [3.8, 4) is 11.5 Å². The van der Waals surface area contributed by atoms with Crippen LogP contribution in [0, 0.1) is 10.1 Å². The summed E-state index contributed by atoms with van der Waals surface area (Å²) in [4.78, 5) is 30.3. The highest BCUT2D eigenvalue weighted by molar-refractivity contribution is 7.80. The monoisotopic (exact) mass is 537 g/mol. The van der Waals surface area contributed by atoms with Crippen LogP contribution in [0.2, 0.25) is 5.02 Å². The fourth-order valence-corrected chi connectivity index (χ4v) is 4.37. The van der Waals surface area contributed by atoms with Crippen LogP contribution in [0.4, 0.5) is 17.1 Å². The predicted octanol–water partition coefficient (Wildman–Crippen LogP) is 5.02. The minimum atomic E-state index is -0.570. The van der Waals surface area contributed by atoms with Crippen LogP contribution in [-0.2, 0) is 4.74 Å².